The summed E-state index contributed by atoms with van der Waals surface area (Å²) < 4.78 is 0. The number of hydrogen-bond donors (Lipinski definition) is 2. The van der Waals surface area contributed by atoms with Gasteiger partial charge in [0.1, 0.15) is 5.82 Å². The molecule has 0 aliphatic heterocycles. The molecule has 0 radical (unpaired) electrons. The number of rotatable bonds is 5. The van der Waals surface area contributed by atoms with E-state index in [9.17, 15) is 0 Å². The van der Waals surface area contributed by atoms with Crippen molar-refractivity contribution in [1.29, 1.82) is 0 Å². The molecule has 0 amide bonds. The number of nitrogens with two attached hydrogens (primary N) is 1. The summed E-state index contributed by atoms with van der Waals surface area (Å²) >= 11 is 0. The molecule has 19 heavy (non-hydrogen) atoms. The van der Waals surface area contributed by atoms with Crippen molar-refractivity contribution in [2.75, 3.05) is 11.9 Å². The van der Waals surface area contributed by atoms with Gasteiger partial charge in [-0.05, 0) is 50.9 Å². The van der Waals surface area contributed by atoms with Gasteiger partial charge in [-0.3, -0.25) is 4.98 Å². The van der Waals surface area contributed by atoms with E-state index in [0.29, 0.717) is 0 Å². The summed E-state index contributed by atoms with van der Waals surface area (Å²) in [6, 6.07) is 8.32. The second-order valence-corrected chi connectivity index (χ2v) is 4.64. The number of aromatic nitrogens is 2. The molecule has 1 aromatic heterocycles. The summed E-state index contributed by atoms with van der Waals surface area (Å²) in [5.41, 5.74) is 9.76. The normalized spacial score (nSPS) is 10.5. The van der Waals surface area contributed by atoms with Crippen LogP contribution >= 0.6 is 0 Å². The van der Waals surface area contributed by atoms with Crippen molar-refractivity contribution in [2.45, 2.75) is 26.7 Å². The molecule has 4 heteroatoms. The molecule has 0 fully saturated rings. The zero-order chi connectivity index (χ0) is 13.7. The molecule has 4 nitrogen and oxygen atoms in total. The van der Waals surface area contributed by atoms with Gasteiger partial charge in [0.25, 0.3) is 0 Å². The van der Waals surface area contributed by atoms with Gasteiger partial charge in [-0.1, -0.05) is 12.1 Å². The molecule has 0 bridgehead atoms. The molecular formula is C15H20N4. The van der Waals surface area contributed by atoms with Crippen LogP contribution in [0.4, 0.5) is 11.5 Å². The number of hydrogen-bond acceptors (Lipinski definition) is 4. The number of nitrogens with one attached hydrogen (secondary N) is 1. The lowest BCUT2D eigenvalue weighted by Crippen LogP contribution is -2.01. The van der Waals surface area contributed by atoms with E-state index in [-0.39, 0.29) is 0 Å². The highest BCUT2D eigenvalue weighted by Gasteiger charge is 2.01. The van der Waals surface area contributed by atoms with Crippen molar-refractivity contribution < 1.29 is 0 Å². The molecule has 0 unspecified atom stereocenters. The van der Waals surface area contributed by atoms with E-state index >= 15 is 0 Å². The van der Waals surface area contributed by atoms with Crippen LogP contribution in [0, 0.1) is 13.8 Å². The first-order valence-electron chi connectivity index (χ1n) is 6.55. The maximum Gasteiger partial charge on any atom is 0.149 e. The largest absolute Gasteiger partial charge is 0.339 e. The highest BCUT2D eigenvalue weighted by molar-refractivity contribution is 5.56. The van der Waals surface area contributed by atoms with Crippen LogP contribution in [0.25, 0.3) is 0 Å². The summed E-state index contributed by atoms with van der Waals surface area (Å²) in [6.07, 6.45) is 3.77. The molecule has 2 aromatic rings. The molecule has 0 aliphatic rings. The van der Waals surface area contributed by atoms with Gasteiger partial charge >= 0.3 is 0 Å². The lowest BCUT2D eigenvalue weighted by atomic mass is 10.1. The van der Waals surface area contributed by atoms with E-state index in [0.717, 1.165) is 42.3 Å². The van der Waals surface area contributed by atoms with E-state index in [1.807, 2.05) is 26.0 Å². The Morgan fingerprint density at radius 2 is 2.05 bits per heavy atom. The van der Waals surface area contributed by atoms with Crippen molar-refractivity contribution >= 4 is 11.5 Å². The number of aryl methyl sites for hydroxylation is 3. The fraction of sp³-hybridized carbons (Fsp3) is 0.333. The van der Waals surface area contributed by atoms with Gasteiger partial charge in [0.15, 0.2) is 0 Å². The molecular weight excluding hydrogens is 236 g/mol. The van der Waals surface area contributed by atoms with E-state index in [4.69, 9.17) is 5.73 Å². The zero-order valence-corrected chi connectivity index (χ0v) is 11.5. The van der Waals surface area contributed by atoms with Crippen molar-refractivity contribution in [1.82, 2.24) is 9.97 Å². The second kappa shape index (κ2) is 6.29. The van der Waals surface area contributed by atoms with Crippen LogP contribution in [0.3, 0.4) is 0 Å². The van der Waals surface area contributed by atoms with Crippen LogP contribution in [0.15, 0.2) is 30.5 Å². The standard InChI is InChI=1S/C15H20N4/c1-11-12(2)18-15(10-17-11)19-14-7-3-5-13(9-14)6-4-8-16/h3,5,7,9-10H,4,6,8,16H2,1-2H3,(H,18,19). The summed E-state index contributed by atoms with van der Waals surface area (Å²) in [4.78, 5) is 8.77. The lowest BCUT2D eigenvalue weighted by molar-refractivity contribution is 0.833. The zero-order valence-electron chi connectivity index (χ0n) is 11.5. The van der Waals surface area contributed by atoms with Gasteiger partial charge in [0, 0.05) is 5.69 Å². The topological polar surface area (TPSA) is 63.8 Å². The highest BCUT2D eigenvalue weighted by atomic mass is 15.0. The monoisotopic (exact) mass is 256 g/mol. The number of benzene rings is 1. The van der Waals surface area contributed by atoms with Crippen LogP contribution in [0.5, 0.6) is 0 Å². The molecule has 0 atom stereocenters. The number of nitrogens with zero attached hydrogens (tertiary/aromatic N) is 2. The second-order valence-electron chi connectivity index (χ2n) is 4.64. The predicted octanol–water partition coefficient (Wildman–Crippen LogP) is 2.73. The van der Waals surface area contributed by atoms with Gasteiger partial charge in [-0.15, -0.1) is 0 Å². The van der Waals surface area contributed by atoms with Gasteiger partial charge < -0.3 is 11.1 Å². The molecule has 1 heterocycles. The van der Waals surface area contributed by atoms with E-state index in [1.54, 1.807) is 6.20 Å². The minimum absolute atomic E-state index is 0.723. The third kappa shape index (κ3) is 3.76. The summed E-state index contributed by atoms with van der Waals surface area (Å²) in [6.45, 7) is 4.64. The van der Waals surface area contributed by atoms with E-state index in [2.05, 4.69) is 27.4 Å². The SMILES string of the molecule is Cc1ncc(Nc2cccc(CCCN)c2)nc1C. The Labute approximate surface area is 114 Å². The highest BCUT2D eigenvalue weighted by Crippen LogP contribution is 2.17. The van der Waals surface area contributed by atoms with Gasteiger partial charge in [0.2, 0.25) is 0 Å². The van der Waals surface area contributed by atoms with Crippen LogP contribution in [0.2, 0.25) is 0 Å². The third-order valence-corrected chi connectivity index (χ3v) is 3.06. The Bertz CT molecular complexity index is 552. The first-order valence-corrected chi connectivity index (χ1v) is 6.55. The smallest absolute Gasteiger partial charge is 0.149 e. The molecule has 0 saturated carbocycles. The van der Waals surface area contributed by atoms with Crippen LogP contribution in [-0.2, 0) is 6.42 Å². The van der Waals surface area contributed by atoms with Gasteiger partial charge in [0.05, 0.1) is 17.6 Å². The number of anilines is 2. The molecule has 100 valence electrons. The Kier molecular flexibility index (Phi) is 4.47. The average Bonchev–Trinajstić information content (AvgIpc) is 2.41. The third-order valence-electron chi connectivity index (χ3n) is 3.06. The Morgan fingerprint density at radius 1 is 1.21 bits per heavy atom. The Hall–Kier alpha value is -1.94. The molecule has 0 spiro atoms. The maximum atomic E-state index is 5.53. The van der Waals surface area contributed by atoms with Crippen molar-refractivity contribution in [3.63, 3.8) is 0 Å². The Balaban J connectivity index is 2.11. The molecule has 2 rings (SSSR count). The molecule has 0 saturated heterocycles. The molecule has 1 aromatic carbocycles. The first-order chi connectivity index (χ1) is 9.19. The van der Waals surface area contributed by atoms with Crippen LogP contribution in [-0.4, -0.2) is 16.5 Å². The maximum absolute atomic E-state index is 5.53. The quantitative estimate of drug-likeness (QED) is 0.863. The minimum Gasteiger partial charge on any atom is -0.339 e. The van der Waals surface area contributed by atoms with Crippen molar-refractivity contribution in [2.24, 2.45) is 5.73 Å². The first kappa shape index (κ1) is 13.5. The van der Waals surface area contributed by atoms with Gasteiger partial charge in [-0.2, -0.15) is 0 Å². The minimum atomic E-state index is 0.723. The van der Waals surface area contributed by atoms with E-state index < -0.39 is 0 Å². The average molecular weight is 256 g/mol. The van der Waals surface area contributed by atoms with Crippen molar-refractivity contribution in [3.05, 3.63) is 47.4 Å². The fourth-order valence-corrected chi connectivity index (χ4v) is 1.86. The summed E-state index contributed by atoms with van der Waals surface area (Å²) in [5, 5.41) is 3.28. The fourth-order valence-electron chi connectivity index (χ4n) is 1.86. The Morgan fingerprint density at radius 3 is 2.79 bits per heavy atom. The molecule has 0 aliphatic carbocycles. The van der Waals surface area contributed by atoms with Gasteiger partial charge in [-0.25, -0.2) is 4.98 Å². The van der Waals surface area contributed by atoms with Crippen molar-refractivity contribution in [3.8, 4) is 0 Å². The lowest BCUT2D eigenvalue weighted by Gasteiger charge is -2.08. The summed E-state index contributed by atoms with van der Waals surface area (Å²) in [5.74, 6) is 0.777. The molecule has 3 N–H and O–H groups in total. The van der Waals surface area contributed by atoms with E-state index in [1.165, 1.54) is 5.56 Å². The predicted molar refractivity (Wildman–Crippen MR) is 78.6 cm³/mol. The summed E-state index contributed by atoms with van der Waals surface area (Å²) in [7, 11) is 0. The van der Waals surface area contributed by atoms with Crippen LogP contribution < -0.4 is 11.1 Å². The van der Waals surface area contributed by atoms with Crippen LogP contribution in [0.1, 0.15) is 23.4 Å².